The molecule has 0 atom stereocenters. The lowest BCUT2D eigenvalue weighted by Gasteiger charge is -2.03. The summed E-state index contributed by atoms with van der Waals surface area (Å²) in [7, 11) is 0. The van der Waals surface area contributed by atoms with E-state index in [1.165, 1.54) is 0 Å². The third-order valence-corrected chi connectivity index (χ3v) is 2.54. The van der Waals surface area contributed by atoms with E-state index < -0.39 is 0 Å². The van der Waals surface area contributed by atoms with E-state index in [2.05, 4.69) is 4.98 Å². The van der Waals surface area contributed by atoms with Crippen LogP contribution in [0.15, 0.2) is 24.3 Å². The molecule has 15 heavy (non-hydrogen) atoms. The first kappa shape index (κ1) is 9.90. The van der Waals surface area contributed by atoms with Crippen molar-refractivity contribution in [3.63, 3.8) is 0 Å². The van der Waals surface area contributed by atoms with Crippen molar-refractivity contribution in [3.8, 4) is 0 Å². The maximum atomic E-state index is 11.7. The number of nitrogens with zero attached hydrogens (tertiary/aromatic N) is 2. The summed E-state index contributed by atoms with van der Waals surface area (Å²) in [5.41, 5.74) is 1.94. The summed E-state index contributed by atoms with van der Waals surface area (Å²) in [6.45, 7) is 4.67. The molecule has 0 amide bonds. The zero-order valence-corrected chi connectivity index (χ0v) is 9.03. The molecule has 3 nitrogen and oxygen atoms in total. The van der Waals surface area contributed by atoms with Gasteiger partial charge in [-0.25, -0.2) is 4.98 Å². The van der Waals surface area contributed by atoms with Gasteiger partial charge in [0.15, 0.2) is 11.6 Å². The van der Waals surface area contributed by atoms with E-state index in [9.17, 15) is 4.79 Å². The van der Waals surface area contributed by atoms with Crippen molar-refractivity contribution in [3.05, 3.63) is 30.1 Å². The van der Waals surface area contributed by atoms with Crippen molar-refractivity contribution in [1.82, 2.24) is 9.55 Å². The molecule has 78 valence electrons. The number of carbonyl (C=O) groups is 1. The highest BCUT2D eigenvalue weighted by Crippen LogP contribution is 2.16. The Labute approximate surface area is 88.7 Å². The largest absolute Gasteiger partial charge is 0.322 e. The maximum Gasteiger partial charge on any atom is 0.198 e. The third-order valence-electron chi connectivity index (χ3n) is 2.54. The summed E-state index contributed by atoms with van der Waals surface area (Å²) in [5.74, 6) is 0.689. The lowest BCUT2D eigenvalue weighted by Crippen LogP contribution is -2.08. The number of aryl methyl sites for hydroxylation is 1. The van der Waals surface area contributed by atoms with Crippen LogP contribution in [0.4, 0.5) is 0 Å². The molecule has 2 aromatic rings. The highest BCUT2D eigenvalue weighted by Gasteiger charge is 2.14. The molecule has 3 heteroatoms. The van der Waals surface area contributed by atoms with Crippen molar-refractivity contribution in [2.24, 2.45) is 0 Å². The molecule has 0 saturated carbocycles. The van der Waals surface area contributed by atoms with Crippen molar-refractivity contribution >= 4 is 16.8 Å². The predicted octanol–water partition coefficient (Wildman–Crippen LogP) is 2.65. The van der Waals surface area contributed by atoms with Gasteiger partial charge in [-0.05, 0) is 19.1 Å². The van der Waals surface area contributed by atoms with Crippen LogP contribution in [0.5, 0.6) is 0 Å². The number of Topliss-reactive ketones (excluding diaryl/α,β-unsaturated/α-hetero) is 1. The first-order chi connectivity index (χ1) is 7.27. The van der Waals surface area contributed by atoms with Gasteiger partial charge in [0.1, 0.15) is 0 Å². The van der Waals surface area contributed by atoms with Crippen LogP contribution in [0, 0.1) is 0 Å². The molecule has 0 fully saturated rings. The normalized spacial score (nSPS) is 10.8. The topological polar surface area (TPSA) is 34.9 Å². The number of fused-ring (bicyclic) bond motifs is 1. The Morgan fingerprint density at radius 1 is 1.33 bits per heavy atom. The lowest BCUT2D eigenvalue weighted by atomic mass is 10.3. The van der Waals surface area contributed by atoms with E-state index in [0.29, 0.717) is 12.2 Å². The smallest absolute Gasteiger partial charge is 0.198 e. The fourth-order valence-electron chi connectivity index (χ4n) is 1.77. The van der Waals surface area contributed by atoms with Gasteiger partial charge in [0.2, 0.25) is 0 Å². The van der Waals surface area contributed by atoms with Crippen LogP contribution < -0.4 is 0 Å². The second kappa shape index (κ2) is 3.85. The van der Waals surface area contributed by atoms with Gasteiger partial charge in [-0.15, -0.1) is 0 Å². The zero-order valence-electron chi connectivity index (χ0n) is 9.03. The molecule has 0 spiro atoms. The number of para-hydroxylation sites is 2. The Morgan fingerprint density at radius 3 is 2.73 bits per heavy atom. The van der Waals surface area contributed by atoms with Gasteiger partial charge in [-0.3, -0.25) is 4.79 Å². The summed E-state index contributed by atoms with van der Waals surface area (Å²) in [6, 6.07) is 7.85. The molecule has 0 aliphatic carbocycles. The van der Waals surface area contributed by atoms with Crippen LogP contribution in [0.2, 0.25) is 0 Å². The second-order valence-corrected chi connectivity index (χ2v) is 3.45. The van der Waals surface area contributed by atoms with E-state index in [1.54, 1.807) is 0 Å². The average Bonchev–Trinajstić information content (AvgIpc) is 2.66. The quantitative estimate of drug-likeness (QED) is 0.717. The van der Waals surface area contributed by atoms with Crippen LogP contribution in [-0.4, -0.2) is 15.3 Å². The molecular weight excluding hydrogens is 188 g/mol. The third kappa shape index (κ3) is 1.54. The molecule has 0 aliphatic heterocycles. The maximum absolute atomic E-state index is 11.7. The van der Waals surface area contributed by atoms with E-state index in [1.807, 2.05) is 42.7 Å². The van der Waals surface area contributed by atoms with Crippen LogP contribution in [0.1, 0.15) is 30.9 Å². The van der Waals surface area contributed by atoms with Crippen LogP contribution in [0.3, 0.4) is 0 Å². The summed E-state index contributed by atoms with van der Waals surface area (Å²) in [5, 5.41) is 0. The minimum Gasteiger partial charge on any atom is -0.322 e. The Hall–Kier alpha value is -1.64. The van der Waals surface area contributed by atoms with Crippen LogP contribution >= 0.6 is 0 Å². The summed E-state index contributed by atoms with van der Waals surface area (Å²) in [6.07, 6.45) is 0.503. The first-order valence-corrected chi connectivity index (χ1v) is 5.26. The van der Waals surface area contributed by atoms with Gasteiger partial charge in [0, 0.05) is 13.0 Å². The Morgan fingerprint density at radius 2 is 2.07 bits per heavy atom. The van der Waals surface area contributed by atoms with Crippen molar-refractivity contribution < 1.29 is 4.79 Å². The van der Waals surface area contributed by atoms with Crippen molar-refractivity contribution in [1.29, 1.82) is 0 Å². The highest BCUT2D eigenvalue weighted by atomic mass is 16.1. The number of hydrogen-bond donors (Lipinski definition) is 0. The number of benzene rings is 1. The number of rotatable bonds is 3. The molecule has 0 N–H and O–H groups in total. The lowest BCUT2D eigenvalue weighted by molar-refractivity contribution is 0.0974. The van der Waals surface area contributed by atoms with E-state index in [4.69, 9.17) is 0 Å². The number of aromatic nitrogens is 2. The molecule has 0 unspecified atom stereocenters. The molecule has 0 radical (unpaired) electrons. The first-order valence-electron chi connectivity index (χ1n) is 5.26. The average molecular weight is 202 g/mol. The van der Waals surface area contributed by atoms with Crippen LogP contribution in [0.25, 0.3) is 11.0 Å². The summed E-state index contributed by atoms with van der Waals surface area (Å²) in [4.78, 5) is 16.0. The van der Waals surface area contributed by atoms with Gasteiger partial charge < -0.3 is 4.57 Å². The fraction of sp³-hybridized carbons (Fsp3) is 0.333. The molecule has 2 rings (SSSR count). The fourth-order valence-corrected chi connectivity index (χ4v) is 1.77. The summed E-state index contributed by atoms with van der Waals surface area (Å²) < 4.78 is 1.97. The number of carbonyl (C=O) groups excluding carboxylic acids is 1. The van der Waals surface area contributed by atoms with Gasteiger partial charge in [-0.1, -0.05) is 19.1 Å². The SMILES string of the molecule is CCC(=O)c1nc2ccccc2n1CC. The van der Waals surface area contributed by atoms with Gasteiger partial charge in [0.05, 0.1) is 11.0 Å². The number of ketones is 1. The molecule has 1 aromatic carbocycles. The predicted molar refractivity (Wildman–Crippen MR) is 60.0 cm³/mol. The minimum atomic E-state index is 0.105. The van der Waals surface area contributed by atoms with Gasteiger partial charge >= 0.3 is 0 Å². The van der Waals surface area contributed by atoms with Crippen LogP contribution in [-0.2, 0) is 6.54 Å². The van der Waals surface area contributed by atoms with Gasteiger partial charge in [-0.2, -0.15) is 0 Å². The molecular formula is C12H14N2O. The van der Waals surface area contributed by atoms with Crippen molar-refractivity contribution in [2.75, 3.05) is 0 Å². The molecule has 0 bridgehead atoms. The van der Waals surface area contributed by atoms with Gasteiger partial charge in [0.25, 0.3) is 0 Å². The molecule has 0 saturated heterocycles. The van der Waals surface area contributed by atoms with E-state index >= 15 is 0 Å². The monoisotopic (exact) mass is 202 g/mol. The standard InChI is InChI=1S/C12H14N2O/c1-3-11(15)12-13-9-7-5-6-8-10(9)14(12)4-2/h5-8H,3-4H2,1-2H3. The van der Waals surface area contributed by atoms with Crippen molar-refractivity contribution in [2.45, 2.75) is 26.8 Å². The molecule has 0 aliphatic rings. The highest BCUT2D eigenvalue weighted by molar-refractivity contribution is 5.96. The molecule has 1 aromatic heterocycles. The Bertz CT molecular complexity index is 499. The minimum absolute atomic E-state index is 0.105. The number of hydrogen-bond acceptors (Lipinski definition) is 2. The van der Waals surface area contributed by atoms with E-state index in [0.717, 1.165) is 17.6 Å². The van der Waals surface area contributed by atoms with E-state index in [-0.39, 0.29) is 5.78 Å². The number of imidazole rings is 1. The summed E-state index contributed by atoms with van der Waals surface area (Å²) >= 11 is 0. The Balaban J connectivity index is 2.69. The Kier molecular flexibility index (Phi) is 2.54. The zero-order chi connectivity index (χ0) is 10.8. The molecule has 1 heterocycles. The second-order valence-electron chi connectivity index (χ2n) is 3.45.